The summed E-state index contributed by atoms with van der Waals surface area (Å²) in [6.07, 6.45) is 1.02. The molecule has 0 aliphatic heterocycles. The van der Waals surface area contributed by atoms with Gasteiger partial charge in [-0.2, -0.15) is 0 Å². The Morgan fingerprint density at radius 1 is 0.741 bits per heavy atom. The third-order valence-corrected chi connectivity index (χ3v) is 5.42. The lowest BCUT2D eigenvalue weighted by atomic mass is 9.94. The fourth-order valence-electron chi connectivity index (χ4n) is 3.86. The summed E-state index contributed by atoms with van der Waals surface area (Å²) in [5.41, 5.74) is 4.31. The molecule has 1 heterocycles. The van der Waals surface area contributed by atoms with Gasteiger partial charge in [-0.15, -0.1) is 0 Å². The Balaban J connectivity index is 1.62. The first kappa shape index (κ1) is 15.9. The topological polar surface area (TPSA) is 12.9 Å². The van der Waals surface area contributed by atoms with Gasteiger partial charge in [0.2, 0.25) is 0 Å². The standard InChI is InChI=1S/C26H19N/c1-3-9-20(10-4-1)17-18-26(19-23(26)21-11-5-2-6-12-21)25-16-15-22-13-7-8-14-24(22)27-25/h1-16,23H,19H2/t23-,26+/m0/s1. The highest BCUT2D eigenvalue weighted by Gasteiger charge is 2.56. The lowest BCUT2D eigenvalue weighted by molar-refractivity contribution is 0.834. The lowest BCUT2D eigenvalue weighted by Gasteiger charge is -2.12. The van der Waals surface area contributed by atoms with Gasteiger partial charge >= 0.3 is 0 Å². The maximum atomic E-state index is 4.99. The Labute approximate surface area is 159 Å². The van der Waals surface area contributed by atoms with E-state index < -0.39 is 0 Å². The molecule has 1 fully saturated rings. The monoisotopic (exact) mass is 345 g/mol. The largest absolute Gasteiger partial charge is 0.251 e. The molecule has 3 aromatic carbocycles. The summed E-state index contributed by atoms with van der Waals surface area (Å²) in [5.74, 6) is 7.40. The first-order valence-corrected chi connectivity index (χ1v) is 9.35. The zero-order valence-electron chi connectivity index (χ0n) is 15.0. The number of rotatable bonds is 2. The van der Waals surface area contributed by atoms with E-state index in [-0.39, 0.29) is 5.41 Å². The zero-order valence-corrected chi connectivity index (χ0v) is 15.0. The second-order valence-corrected chi connectivity index (χ2v) is 7.14. The van der Waals surface area contributed by atoms with Crippen molar-refractivity contribution in [3.8, 4) is 11.8 Å². The smallest absolute Gasteiger partial charge is 0.0813 e. The van der Waals surface area contributed by atoms with Crippen molar-refractivity contribution in [3.63, 3.8) is 0 Å². The van der Waals surface area contributed by atoms with Gasteiger partial charge in [-0.3, -0.25) is 4.98 Å². The quantitative estimate of drug-likeness (QED) is 0.424. The summed E-state index contributed by atoms with van der Waals surface area (Å²) >= 11 is 0. The number of para-hydroxylation sites is 1. The molecule has 0 saturated heterocycles. The highest BCUT2D eigenvalue weighted by atomic mass is 14.8. The molecule has 0 unspecified atom stereocenters. The summed E-state index contributed by atoms with van der Waals surface area (Å²) in [6, 6.07) is 33.5. The van der Waals surface area contributed by atoms with E-state index in [9.17, 15) is 0 Å². The van der Waals surface area contributed by atoms with Crippen molar-refractivity contribution in [2.24, 2.45) is 0 Å². The molecule has 1 nitrogen and oxygen atoms in total. The van der Waals surface area contributed by atoms with Crippen LogP contribution in [0.25, 0.3) is 10.9 Å². The zero-order chi connectivity index (χ0) is 18.1. The van der Waals surface area contributed by atoms with Crippen molar-refractivity contribution in [2.45, 2.75) is 17.8 Å². The Morgan fingerprint density at radius 3 is 2.26 bits per heavy atom. The number of nitrogens with zero attached hydrogens (tertiary/aromatic N) is 1. The van der Waals surface area contributed by atoms with Crippen LogP contribution in [0.5, 0.6) is 0 Å². The molecule has 0 bridgehead atoms. The van der Waals surface area contributed by atoms with Gasteiger partial charge in [0.05, 0.1) is 16.6 Å². The molecule has 0 N–H and O–H groups in total. The van der Waals surface area contributed by atoms with Gasteiger partial charge in [0.15, 0.2) is 0 Å². The molecular weight excluding hydrogens is 326 g/mol. The molecule has 1 aliphatic carbocycles. The predicted octanol–water partition coefficient (Wildman–Crippen LogP) is 5.71. The fraction of sp³-hybridized carbons (Fsp3) is 0.115. The van der Waals surface area contributed by atoms with E-state index in [2.05, 4.69) is 84.6 Å². The second-order valence-electron chi connectivity index (χ2n) is 7.14. The molecule has 4 aromatic rings. The third kappa shape index (κ3) is 2.90. The molecule has 27 heavy (non-hydrogen) atoms. The van der Waals surface area contributed by atoms with Crippen molar-refractivity contribution in [1.82, 2.24) is 4.98 Å². The Morgan fingerprint density at radius 2 is 1.44 bits per heavy atom. The van der Waals surface area contributed by atoms with E-state index in [1.807, 2.05) is 24.3 Å². The molecule has 0 radical (unpaired) electrons. The van der Waals surface area contributed by atoms with Crippen LogP contribution < -0.4 is 0 Å². The van der Waals surface area contributed by atoms with Crippen molar-refractivity contribution in [3.05, 3.63) is 114 Å². The summed E-state index contributed by atoms with van der Waals surface area (Å²) in [6.45, 7) is 0. The van der Waals surface area contributed by atoms with Crippen LogP contribution in [-0.2, 0) is 5.41 Å². The first-order valence-electron chi connectivity index (χ1n) is 9.35. The van der Waals surface area contributed by atoms with Crippen LogP contribution in [0, 0.1) is 11.8 Å². The van der Waals surface area contributed by atoms with Crippen LogP contribution in [0.4, 0.5) is 0 Å². The van der Waals surface area contributed by atoms with Gasteiger partial charge in [0.1, 0.15) is 0 Å². The molecule has 1 saturated carbocycles. The van der Waals surface area contributed by atoms with E-state index in [4.69, 9.17) is 4.98 Å². The SMILES string of the molecule is C(#C[C@@]1(c2ccc3ccccc3n2)C[C@H]1c1ccccc1)c1ccccc1. The van der Waals surface area contributed by atoms with E-state index in [1.165, 1.54) is 10.9 Å². The average Bonchev–Trinajstić information content (AvgIpc) is 3.49. The maximum Gasteiger partial charge on any atom is 0.0813 e. The number of aromatic nitrogens is 1. The third-order valence-electron chi connectivity index (χ3n) is 5.42. The van der Waals surface area contributed by atoms with E-state index in [1.54, 1.807) is 0 Å². The molecule has 1 aromatic heterocycles. The van der Waals surface area contributed by atoms with Crippen LogP contribution >= 0.6 is 0 Å². The minimum atomic E-state index is -0.207. The van der Waals surface area contributed by atoms with Gasteiger partial charge in [-0.05, 0) is 36.2 Å². The van der Waals surface area contributed by atoms with Crippen molar-refractivity contribution >= 4 is 10.9 Å². The molecule has 2 atom stereocenters. The van der Waals surface area contributed by atoms with E-state index in [0.717, 1.165) is 23.2 Å². The van der Waals surface area contributed by atoms with Crippen LogP contribution in [0.3, 0.4) is 0 Å². The first-order chi connectivity index (χ1) is 13.4. The van der Waals surface area contributed by atoms with Crippen LogP contribution in [0.1, 0.15) is 29.2 Å². The maximum absolute atomic E-state index is 4.99. The normalized spacial score (nSPS) is 20.7. The highest BCUT2D eigenvalue weighted by molar-refractivity contribution is 5.79. The highest BCUT2D eigenvalue weighted by Crippen LogP contribution is 2.59. The number of pyridine rings is 1. The molecule has 0 spiro atoms. The number of hydrogen-bond acceptors (Lipinski definition) is 1. The van der Waals surface area contributed by atoms with Crippen molar-refractivity contribution in [2.75, 3.05) is 0 Å². The van der Waals surface area contributed by atoms with Gasteiger partial charge in [-0.1, -0.05) is 84.6 Å². The summed E-state index contributed by atoms with van der Waals surface area (Å²) in [7, 11) is 0. The van der Waals surface area contributed by atoms with Crippen LogP contribution in [-0.4, -0.2) is 4.98 Å². The van der Waals surface area contributed by atoms with Gasteiger partial charge < -0.3 is 0 Å². The second kappa shape index (κ2) is 6.41. The minimum Gasteiger partial charge on any atom is -0.251 e. The van der Waals surface area contributed by atoms with Gasteiger partial charge in [0, 0.05) is 16.9 Å². The Bertz CT molecular complexity index is 1150. The molecular formula is C26H19N. The Hall–Kier alpha value is -3.37. The molecule has 5 rings (SSSR count). The summed E-state index contributed by atoms with van der Waals surface area (Å²) in [4.78, 5) is 4.99. The molecule has 0 amide bonds. The average molecular weight is 345 g/mol. The number of fused-ring (bicyclic) bond motifs is 1. The Kier molecular flexibility index (Phi) is 3.77. The fourth-order valence-corrected chi connectivity index (χ4v) is 3.86. The number of hydrogen-bond donors (Lipinski definition) is 0. The molecule has 1 aliphatic rings. The summed E-state index contributed by atoms with van der Waals surface area (Å²) in [5, 5.41) is 1.17. The van der Waals surface area contributed by atoms with Gasteiger partial charge in [-0.25, -0.2) is 0 Å². The number of benzene rings is 3. The van der Waals surface area contributed by atoms with E-state index >= 15 is 0 Å². The summed E-state index contributed by atoms with van der Waals surface area (Å²) < 4.78 is 0. The van der Waals surface area contributed by atoms with Gasteiger partial charge in [0.25, 0.3) is 0 Å². The molecule has 128 valence electrons. The van der Waals surface area contributed by atoms with Crippen molar-refractivity contribution < 1.29 is 0 Å². The van der Waals surface area contributed by atoms with Crippen LogP contribution in [0.2, 0.25) is 0 Å². The lowest BCUT2D eigenvalue weighted by Crippen LogP contribution is -2.09. The van der Waals surface area contributed by atoms with Crippen LogP contribution in [0.15, 0.2) is 97.1 Å². The molecule has 1 heteroatoms. The van der Waals surface area contributed by atoms with Crippen molar-refractivity contribution in [1.29, 1.82) is 0 Å². The minimum absolute atomic E-state index is 0.207. The van der Waals surface area contributed by atoms with E-state index in [0.29, 0.717) is 5.92 Å². The predicted molar refractivity (Wildman–Crippen MR) is 111 cm³/mol.